The summed E-state index contributed by atoms with van der Waals surface area (Å²) in [5.41, 5.74) is 1.20. The maximum atomic E-state index is 11.7. The standard InChI is InChI=1S/C12H11N3O2/c13-8-10-6-11(14-17)3-2-9(10)7-12(16)15-4-1-5-15/h2-3,6H,1,4-5,7H2. The van der Waals surface area contributed by atoms with Gasteiger partial charge < -0.3 is 4.90 Å². The third kappa shape index (κ3) is 2.31. The van der Waals surface area contributed by atoms with Crippen molar-refractivity contribution in [1.29, 1.82) is 5.26 Å². The van der Waals surface area contributed by atoms with Crippen LogP contribution in [0.4, 0.5) is 5.69 Å². The number of hydrogen-bond acceptors (Lipinski definition) is 4. The summed E-state index contributed by atoms with van der Waals surface area (Å²) in [5, 5.41) is 11.7. The lowest BCUT2D eigenvalue weighted by Crippen LogP contribution is -2.42. The van der Waals surface area contributed by atoms with Gasteiger partial charge in [0.25, 0.3) is 0 Å². The van der Waals surface area contributed by atoms with Crippen LogP contribution in [0.5, 0.6) is 0 Å². The Morgan fingerprint density at radius 3 is 2.76 bits per heavy atom. The molecule has 1 saturated heterocycles. The van der Waals surface area contributed by atoms with Crippen molar-refractivity contribution in [2.75, 3.05) is 13.1 Å². The zero-order valence-corrected chi connectivity index (χ0v) is 9.22. The Kier molecular flexibility index (Phi) is 3.15. The fraction of sp³-hybridized carbons (Fsp3) is 0.333. The molecule has 5 nitrogen and oxygen atoms in total. The first-order valence-corrected chi connectivity index (χ1v) is 5.39. The average Bonchev–Trinajstić information content (AvgIpc) is 2.27. The van der Waals surface area contributed by atoms with Gasteiger partial charge >= 0.3 is 0 Å². The molecule has 0 bridgehead atoms. The summed E-state index contributed by atoms with van der Waals surface area (Å²) >= 11 is 0. The quantitative estimate of drug-likeness (QED) is 0.741. The first kappa shape index (κ1) is 11.3. The minimum Gasteiger partial charge on any atom is -0.342 e. The molecule has 86 valence electrons. The van der Waals surface area contributed by atoms with E-state index < -0.39 is 0 Å². The number of hydrogen-bond donors (Lipinski definition) is 0. The van der Waals surface area contributed by atoms with Gasteiger partial charge in [-0.25, -0.2) is 0 Å². The van der Waals surface area contributed by atoms with Gasteiger partial charge in [-0.15, -0.1) is 4.91 Å². The predicted octanol–water partition coefficient (Wildman–Crippen LogP) is 1.73. The average molecular weight is 229 g/mol. The molecule has 1 aliphatic heterocycles. The number of nitriles is 1. The third-order valence-corrected chi connectivity index (χ3v) is 2.87. The molecule has 1 amide bonds. The smallest absolute Gasteiger partial charge is 0.227 e. The SMILES string of the molecule is N#Cc1cc(N=O)ccc1CC(=O)N1CCC1. The highest BCUT2D eigenvalue weighted by Gasteiger charge is 2.21. The fourth-order valence-corrected chi connectivity index (χ4v) is 1.72. The van der Waals surface area contributed by atoms with Gasteiger partial charge in [-0.05, 0) is 29.3 Å². The van der Waals surface area contributed by atoms with E-state index in [1.807, 2.05) is 6.07 Å². The van der Waals surface area contributed by atoms with Gasteiger partial charge in [0, 0.05) is 13.1 Å². The Hall–Kier alpha value is -2.22. The third-order valence-electron chi connectivity index (χ3n) is 2.87. The van der Waals surface area contributed by atoms with Gasteiger partial charge in [0.1, 0.15) is 5.69 Å². The van der Waals surface area contributed by atoms with Gasteiger partial charge in [-0.1, -0.05) is 6.07 Å². The Bertz CT molecular complexity index is 501. The lowest BCUT2D eigenvalue weighted by Gasteiger charge is -2.31. The van der Waals surface area contributed by atoms with Crippen LogP contribution in [0.25, 0.3) is 0 Å². The molecule has 0 spiro atoms. The maximum Gasteiger partial charge on any atom is 0.227 e. The highest BCUT2D eigenvalue weighted by molar-refractivity contribution is 5.80. The fourth-order valence-electron chi connectivity index (χ4n) is 1.72. The summed E-state index contributed by atoms with van der Waals surface area (Å²) < 4.78 is 0. The molecule has 1 aliphatic rings. The Morgan fingerprint density at radius 2 is 2.24 bits per heavy atom. The van der Waals surface area contributed by atoms with Crippen LogP contribution in [0.1, 0.15) is 17.5 Å². The van der Waals surface area contributed by atoms with E-state index in [9.17, 15) is 9.70 Å². The number of nitroso groups, excluding NO2 is 1. The zero-order valence-electron chi connectivity index (χ0n) is 9.22. The molecule has 0 unspecified atom stereocenters. The van der Waals surface area contributed by atoms with Crippen LogP contribution < -0.4 is 0 Å². The van der Waals surface area contributed by atoms with Crippen molar-refractivity contribution >= 4 is 11.6 Å². The minimum absolute atomic E-state index is 0.0274. The molecule has 1 heterocycles. The Labute approximate surface area is 98.6 Å². The second-order valence-electron chi connectivity index (χ2n) is 3.96. The van der Waals surface area contributed by atoms with Crippen LogP contribution in [0.2, 0.25) is 0 Å². The first-order chi connectivity index (χ1) is 8.24. The van der Waals surface area contributed by atoms with Crippen molar-refractivity contribution in [3.8, 4) is 6.07 Å². The molecular formula is C12H11N3O2. The number of amides is 1. The second kappa shape index (κ2) is 4.74. The summed E-state index contributed by atoms with van der Waals surface area (Å²) in [4.78, 5) is 23.8. The first-order valence-electron chi connectivity index (χ1n) is 5.39. The van der Waals surface area contributed by atoms with E-state index in [2.05, 4.69) is 5.18 Å². The highest BCUT2D eigenvalue weighted by atomic mass is 16.3. The Morgan fingerprint density at radius 1 is 1.47 bits per heavy atom. The number of carbonyl (C=O) groups is 1. The van der Waals surface area contributed by atoms with E-state index in [1.54, 1.807) is 11.0 Å². The molecule has 0 aliphatic carbocycles. The summed E-state index contributed by atoms with van der Waals surface area (Å²) in [7, 11) is 0. The van der Waals surface area contributed by atoms with Crippen molar-refractivity contribution in [2.45, 2.75) is 12.8 Å². The predicted molar refractivity (Wildman–Crippen MR) is 61.5 cm³/mol. The Balaban J connectivity index is 2.17. The van der Waals surface area contributed by atoms with Gasteiger partial charge in [0.15, 0.2) is 0 Å². The van der Waals surface area contributed by atoms with Crippen molar-refractivity contribution in [2.24, 2.45) is 5.18 Å². The van der Waals surface area contributed by atoms with Crippen molar-refractivity contribution in [3.05, 3.63) is 34.2 Å². The van der Waals surface area contributed by atoms with Crippen LogP contribution in [0.3, 0.4) is 0 Å². The molecule has 17 heavy (non-hydrogen) atoms. The van der Waals surface area contributed by atoms with Crippen LogP contribution >= 0.6 is 0 Å². The van der Waals surface area contributed by atoms with Gasteiger partial charge in [0.2, 0.25) is 5.91 Å². The second-order valence-corrected chi connectivity index (χ2v) is 3.96. The normalized spacial score (nSPS) is 13.7. The van der Waals surface area contributed by atoms with E-state index in [0.717, 1.165) is 19.5 Å². The minimum atomic E-state index is 0.0274. The molecule has 2 rings (SSSR count). The van der Waals surface area contributed by atoms with E-state index in [-0.39, 0.29) is 18.0 Å². The molecule has 0 radical (unpaired) electrons. The van der Waals surface area contributed by atoms with Crippen molar-refractivity contribution in [3.63, 3.8) is 0 Å². The van der Waals surface area contributed by atoms with E-state index in [0.29, 0.717) is 11.1 Å². The number of nitrogens with zero attached hydrogens (tertiary/aromatic N) is 3. The zero-order chi connectivity index (χ0) is 12.3. The molecule has 5 heteroatoms. The number of benzene rings is 1. The van der Waals surface area contributed by atoms with Crippen LogP contribution in [-0.4, -0.2) is 23.9 Å². The van der Waals surface area contributed by atoms with Crippen molar-refractivity contribution in [1.82, 2.24) is 4.90 Å². The largest absolute Gasteiger partial charge is 0.342 e. The van der Waals surface area contributed by atoms with E-state index in [1.165, 1.54) is 12.1 Å². The van der Waals surface area contributed by atoms with Crippen LogP contribution in [0.15, 0.2) is 23.4 Å². The van der Waals surface area contributed by atoms with E-state index >= 15 is 0 Å². The number of rotatable bonds is 3. The van der Waals surface area contributed by atoms with Gasteiger partial charge in [-0.2, -0.15) is 5.26 Å². The monoisotopic (exact) mass is 229 g/mol. The molecule has 0 saturated carbocycles. The number of likely N-dealkylation sites (tertiary alicyclic amines) is 1. The summed E-state index contributed by atoms with van der Waals surface area (Å²) in [6.07, 6.45) is 1.26. The van der Waals surface area contributed by atoms with Crippen LogP contribution in [-0.2, 0) is 11.2 Å². The topological polar surface area (TPSA) is 73.5 Å². The highest BCUT2D eigenvalue weighted by Crippen LogP contribution is 2.19. The molecular weight excluding hydrogens is 218 g/mol. The number of carbonyl (C=O) groups excluding carboxylic acids is 1. The molecule has 0 aromatic heterocycles. The maximum absolute atomic E-state index is 11.7. The van der Waals surface area contributed by atoms with Crippen molar-refractivity contribution < 1.29 is 4.79 Å². The molecule has 0 N–H and O–H groups in total. The van der Waals surface area contributed by atoms with E-state index in [4.69, 9.17) is 5.26 Å². The van der Waals surface area contributed by atoms with Gasteiger partial charge in [0.05, 0.1) is 18.1 Å². The molecule has 1 aromatic rings. The summed E-state index contributed by atoms with van der Waals surface area (Å²) in [6.45, 7) is 1.60. The molecule has 1 fully saturated rings. The lowest BCUT2D eigenvalue weighted by atomic mass is 10.0. The molecule has 0 atom stereocenters. The van der Waals surface area contributed by atoms with Crippen LogP contribution in [0, 0.1) is 16.2 Å². The molecule has 1 aromatic carbocycles. The van der Waals surface area contributed by atoms with Gasteiger partial charge in [-0.3, -0.25) is 4.79 Å². The lowest BCUT2D eigenvalue weighted by molar-refractivity contribution is -0.133. The summed E-state index contributed by atoms with van der Waals surface area (Å²) in [5.74, 6) is 0.0274. The summed E-state index contributed by atoms with van der Waals surface area (Å²) in [6, 6.07) is 6.53.